The summed E-state index contributed by atoms with van der Waals surface area (Å²) >= 11 is 0. The lowest BCUT2D eigenvalue weighted by molar-refractivity contribution is 0.294. The molecule has 0 aliphatic heterocycles. The number of ether oxygens (including phenoxy) is 2. The van der Waals surface area contributed by atoms with Crippen LogP contribution in [0.1, 0.15) is 32.3 Å². The first-order valence-corrected chi connectivity index (χ1v) is 5.61. The van der Waals surface area contributed by atoms with Crippen molar-refractivity contribution in [3.63, 3.8) is 0 Å². The van der Waals surface area contributed by atoms with Crippen molar-refractivity contribution in [3.05, 3.63) is 23.8 Å². The Labute approximate surface area is 92.2 Å². The van der Waals surface area contributed by atoms with Crippen molar-refractivity contribution >= 4 is 0 Å². The van der Waals surface area contributed by atoms with Gasteiger partial charge in [0.25, 0.3) is 0 Å². The quantitative estimate of drug-likeness (QED) is 0.713. The first-order chi connectivity index (χ1) is 7.31. The topological polar surface area (TPSA) is 18.5 Å². The molecule has 0 heterocycles. The number of benzene rings is 1. The van der Waals surface area contributed by atoms with E-state index in [2.05, 4.69) is 26.0 Å². The Morgan fingerprint density at radius 1 is 1.07 bits per heavy atom. The van der Waals surface area contributed by atoms with E-state index in [9.17, 15) is 0 Å². The van der Waals surface area contributed by atoms with E-state index in [0.717, 1.165) is 37.4 Å². The Hall–Kier alpha value is -1.18. The molecule has 0 aliphatic rings. The molecule has 0 N–H and O–H groups in total. The van der Waals surface area contributed by atoms with E-state index in [0.29, 0.717) is 0 Å². The van der Waals surface area contributed by atoms with Crippen molar-refractivity contribution in [1.82, 2.24) is 0 Å². The summed E-state index contributed by atoms with van der Waals surface area (Å²) in [4.78, 5) is 0. The summed E-state index contributed by atoms with van der Waals surface area (Å²) in [6, 6.07) is 6.16. The molecular weight excluding hydrogens is 188 g/mol. The molecule has 0 fully saturated rings. The largest absolute Gasteiger partial charge is 0.493 e. The Balaban J connectivity index is 2.81. The summed E-state index contributed by atoms with van der Waals surface area (Å²) in [7, 11) is 1.67. The smallest absolute Gasteiger partial charge is 0.161 e. The second-order valence-corrected chi connectivity index (χ2v) is 3.58. The predicted octanol–water partition coefficient (Wildman–Crippen LogP) is 3.44. The van der Waals surface area contributed by atoms with Crippen LogP contribution in [0.3, 0.4) is 0 Å². The lowest BCUT2D eigenvalue weighted by Gasteiger charge is -2.11. The van der Waals surface area contributed by atoms with Gasteiger partial charge < -0.3 is 9.47 Å². The van der Waals surface area contributed by atoms with Crippen LogP contribution in [0.15, 0.2) is 18.2 Å². The fraction of sp³-hybridized carbons (Fsp3) is 0.538. The molecule has 0 aromatic heterocycles. The number of aryl methyl sites for hydroxylation is 1. The molecule has 1 aromatic carbocycles. The van der Waals surface area contributed by atoms with Crippen molar-refractivity contribution in [3.8, 4) is 11.5 Å². The van der Waals surface area contributed by atoms with Crippen LogP contribution in [-0.4, -0.2) is 13.7 Å². The van der Waals surface area contributed by atoms with Crippen molar-refractivity contribution in [2.24, 2.45) is 0 Å². The Morgan fingerprint density at radius 2 is 1.87 bits per heavy atom. The normalized spacial score (nSPS) is 10.1. The fourth-order valence-electron chi connectivity index (χ4n) is 1.49. The first kappa shape index (κ1) is 11.9. The van der Waals surface area contributed by atoms with Crippen LogP contribution in [0.5, 0.6) is 11.5 Å². The van der Waals surface area contributed by atoms with Crippen LogP contribution in [0, 0.1) is 0 Å². The maximum atomic E-state index is 5.64. The van der Waals surface area contributed by atoms with Gasteiger partial charge in [0.2, 0.25) is 0 Å². The Bertz CT molecular complexity index is 295. The molecule has 0 aliphatic carbocycles. The average Bonchev–Trinajstić information content (AvgIpc) is 2.27. The highest BCUT2D eigenvalue weighted by molar-refractivity contribution is 5.42. The third-order valence-electron chi connectivity index (χ3n) is 2.23. The van der Waals surface area contributed by atoms with Crippen LogP contribution >= 0.6 is 0 Å². The van der Waals surface area contributed by atoms with E-state index in [1.165, 1.54) is 5.56 Å². The van der Waals surface area contributed by atoms with Gasteiger partial charge in [-0.1, -0.05) is 26.3 Å². The molecule has 2 heteroatoms. The van der Waals surface area contributed by atoms with Gasteiger partial charge in [0.1, 0.15) is 0 Å². The summed E-state index contributed by atoms with van der Waals surface area (Å²) in [5.74, 6) is 1.69. The van der Waals surface area contributed by atoms with E-state index in [1.54, 1.807) is 7.11 Å². The van der Waals surface area contributed by atoms with Gasteiger partial charge in [-0.2, -0.15) is 0 Å². The van der Waals surface area contributed by atoms with E-state index in [4.69, 9.17) is 9.47 Å². The maximum Gasteiger partial charge on any atom is 0.161 e. The highest BCUT2D eigenvalue weighted by Crippen LogP contribution is 2.28. The monoisotopic (exact) mass is 208 g/mol. The molecule has 0 amide bonds. The summed E-state index contributed by atoms with van der Waals surface area (Å²) in [6.07, 6.45) is 3.26. The third-order valence-corrected chi connectivity index (χ3v) is 2.23. The molecule has 0 bridgehead atoms. The molecule has 1 aromatic rings. The molecule has 0 saturated carbocycles. The van der Waals surface area contributed by atoms with E-state index >= 15 is 0 Å². The SMILES string of the molecule is CCCOc1cc(CCC)ccc1OC. The highest BCUT2D eigenvalue weighted by Gasteiger charge is 2.04. The Kier molecular flexibility index (Phi) is 5.02. The molecule has 15 heavy (non-hydrogen) atoms. The molecule has 0 atom stereocenters. The second-order valence-electron chi connectivity index (χ2n) is 3.58. The van der Waals surface area contributed by atoms with Crippen LogP contribution in [0.4, 0.5) is 0 Å². The molecule has 0 unspecified atom stereocenters. The summed E-state index contributed by atoms with van der Waals surface area (Å²) < 4.78 is 10.9. The van der Waals surface area contributed by atoms with E-state index in [-0.39, 0.29) is 0 Å². The number of rotatable bonds is 6. The van der Waals surface area contributed by atoms with Crippen molar-refractivity contribution in [2.45, 2.75) is 33.1 Å². The fourth-order valence-corrected chi connectivity index (χ4v) is 1.49. The summed E-state index contributed by atoms with van der Waals surface area (Å²) in [5.41, 5.74) is 1.31. The zero-order valence-electron chi connectivity index (χ0n) is 9.88. The maximum absolute atomic E-state index is 5.64. The number of methoxy groups -OCH3 is 1. The van der Waals surface area contributed by atoms with Gasteiger partial charge in [0.05, 0.1) is 13.7 Å². The predicted molar refractivity (Wildman–Crippen MR) is 62.8 cm³/mol. The van der Waals surface area contributed by atoms with Crippen LogP contribution in [0.25, 0.3) is 0 Å². The van der Waals surface area contributed by atoms with Gasteiger partial charge in [-0.05, 0) is 30.5 Å². The first-order valence-electron chi connectivity index (χ1n) is 5.61. The molecule has 1 rings (SSSR count). The van der Waals surface area contributed by atoms with Gasteiger partial charge in [0.15, 0.2) is 11.5 Å². The van der Waals surface area contributed by atoms with Crippen LogP contribution in [-0.2, 0) is 6.42 Å². The van der Waals surface area contributed by atoms with Gasteiger partial charge in [-0.25, -0.2) is 0 Å². The molecular formula is C13H20O2. The minimum atomic E-state index is 0.742. The van der Waals surface area contributed by atoms with Gasteiger partial charge in [-0.3, -0.25) is 0 Å². The van der Waals surface area contributed by atoms with E-state index in [1.807, 2.05) is 6.07 Å². The Morgan fingerprint density at radius 3 is 2.47 bits per heavy atom. The minimum Gasteiger partial charge on any atom is -0.493 e. The zero-order chi connectivity index (χ0) is 11.1. The van der Waals surface area contributed by atoms with E-state index < -0.39 is 0 Å². The lowest BCUT2D eigenvalue weighted by atomic mass is 10.1. The van der Waals surface area contributed by atoms with Crippen molar-refractivity contribution < 1.29 is 9.47 Å². The number of hydrogen-bond acceptors (Lipinski definition) is 2. The summed E-state index contributed by atoms with van der Waals surface area (Å²) in [5, 5.41) is 0. The minimum absolute atomic E-state index is 0.742. The van der Waals surface area contributed by atoms with Gasteiger partial charge in [0, 0.05) is 0 Å². The van der Waals surface area contributed by atoms with Gasteiger partial charge in [-0.15, -0.1) is 0 Å². The number of hydrogen-bond donors (Lipinski definition) is 0. The summed E-state index contributed by atoms with van der Waals surface area (Å²) in [6.45, 7) is 5.02. The van der Waals surface area contributed by atoms with Crippen LogP contribution < -0.4 is 9.47 Å². The average molecular weight is 208 g/mol. The highest BCUT2D eigenvalue weighted by atomic mass is 16.5. The second kappa shape index (κ2) is 6.33. The zero-order valence-corrected chi connectivity index (χ0v) is 9.88. The molecule has 84 valence electrons. The van der Waals surface area contributed by atoms with Gasteiger partial charge >= 0.3 is 0 Å². The molecule has 0 spiro atoms. The lowest BCUT2D eigenvalue weighted by Crippen LogP contribution is -1.98. The molecule has 0 radical (unpaired) electrons. The molecule has 0 saturated heterocycles. The van der Waals surface area contributed by atoms with Crippen molar-refractivity contribution in [2.75, 3.05) is 13.7 Å². The van der Waals surface area contributed by atoms with Crippen molar-refractivity contribution in [1.29, 1.82) is 0 Å². The van der Waals surface area contributed by atoms with Crippen LogP contribution in [0.2, 0.25) is 0 Å². The third kappa shape index (κ3) is 3.46. The molecule has 2 nitrogen and oxygen atoms in total. The standard InChI is InChI=1S/C13H20O2/c1-4-6-11-7-8-12(14-3)13(10-11)15-9-5-2/h7-8,10H,4-6,9H2,1-3H3.